The molecule has 2 aromatic rings. The zero-order valence-electron chi connectivity index (χ0n) is 9.43. The van der Waals surface area contributed by atoms with E-state index < -0.39 is 0 Å². The Balaban J connectivity index is 1.94. The van der Waals surface area contributed by atoms with Crippen LogP contribution in [0.15, 0.2) is 30.6 Å². The lowest BCUT2D eigenvalue weighted by Crippen LogP contribution is -2.25. The Kier molecular flexibility index (Phi) is 3.54. The van der Waals surface area contributed by atoms with E-state index in [0.29, 0.717) is 13.1 Å². The van der Waals surface area contributed by atoms with Crippen LogP contribution in [0.5, 0.6) is 0 Å². The van der Waals surface area contributed by atoms with Gasteiger partial charge in [0.25, 0.3) is 0 Å². The fraction of sp³-hybridized carbons (Fsp3) is 0.417. The SMILES string of the molecule is CCC(O)CNCc1cn2ccccc2n1. The molecule has 2 rings (SSSR count). The molecular formula is C12H17N3O. The number of aliphatic hydroxyl groups excluding tert-OH is 1. The summed E-state index contributed by atoms with van der Waals surface area (Å²) in [5, 5.41) is 12.6. The maximum absolute atomic E-state index is 9.39. The Hall–Kier alpha value is -1.39. The van der Waals surface area contributed by atoms with Gasteiger partial charge >= 0.3 is 0 Å². The van der Waals surface area contributed by atoms with Gasteiger partial charge in [-0.25, -0.2) is 4.98 Å². The number of aliphatic hydroxyl groups is 1. The number of pyridine rings is 1. The van der Waals surface area contributed by atoms with E-state index in [4.69, 9.17) is 0 Å². The van der Waals surface area contributed by atoms with Gasteiger partial charge in [-0.1, -0.05) is 13.0 Å². The van der Waals surface area contributed by atoms with Crippen LogP contribution in [0.2, 0.25) is 0 Å². The maximum atomic E-state index is 9.39. The van der Waals surface area contributed by atoms with E-state index in [1.54, 1.807) is 0 Å². The smallest absolute Gasteiger partial charge is 0.137 e. The number of aromatic nitrogens is 2. The lowest BCUT2D eigenvalue weighted by Gasteiger charge is -2.07. The van der Waals surface area contributed by atoms with Crippen LogP contribution in [0.25, 0.3) is 5.65 Å². The Morgan fingerprint density at radius 1 is 1.50 bits per heavy atom. The first kappa shape index (κ1) is 11.1. The highest BCUT2D eigenvalue weighted by Gasteiger charge is 2.02. The molecule has 0 saturated carbocycles. The number of hydrogen-bond acceptors (Lipinski definition) is 3. The summed E-state index contributed by atoms with van der Waals surface area (Å²) in [5.74, 6) is 0. The maximum Gasteiger partial charge on any atom is 0.137 e. The molecule has 0 aliphatic rings. The fourth-order valence-electron chi connectivity index (χ4n) is 1.58. The van der Waals surface area contributed by atoms with Crippen molar-refractivity contribution in [2.75, 3.05) is 6.54 Å². The molecule has 4 heteroatoms. The predicted molar refractivity (Wildman–Crippen MR) is 63.2 cm³/mol. The quantitative estimate of drug-likeness (QED) is 0.794. The number of hydrogen-bond donors (Lipinski definition) is 2. The minimum atomic E-state index is -0.267. The summed E-state index contributed by atoms with van der Waals surface area (Å²) in [6.45, 7) is 3.28. The molecule has 0 spiro atoms. The molecule has 2 aromatic heterocycles. The molecule has 2 heterocycles. The highest BCUT2D eigenvalue weighted by Crippen LogP contribution is 2.03. The van der Waals surface area contributed by atoms with E-state index in [1.165, 1.54) is 0 Å². The normalized spacial score (nSPS) is 13.1. The highest BCUT2D eigenvalue weighted by molar-refractivity contribution is 5.39. The molecule has 1 atom stereocenters. The number of rotatable bonds is 5. The van der Waals surface area contributed by atoms with E-state index in [0.717, 1.165) is 17.8 Å². The zero-order valence-corrected chi connectivity index (χ0v) is 9.43. The van der Waals surface area contributed by atoms with Gasteiger partial charge in [0.15, 0.2) is 0 Å². The number of imidazole rings is 1. The van der Waals surface area contributed by atoms with Crippen molar-refractivity contribution in [3.8, 4) is 0 Å². The molecule has 0 saturated heterocycles. The van der Waals surface area contributed by atoms with Crippen molar-refractivity contribution >= 4 is 5.65 Å². The zero-order chi connectivity index (χ0) is 11.4. The van der Waals surface area contributed by atoms with Gasteiger partial charge in [-0.3, -0.25) is 0 Å². The lowest BCUT2D eigenvalue weighted by atomic mass is 10.3. The Morgan fingerprint density at radius 2 is 2.38 bits per heavy atom. The summed E-state index contributed by atoms with van der Waals surface area (Å²) >= 11 is 0. The Morgan fingerprint density at radius 3 is 3.12 bits per heavy atom. The minimum Gasteiger partial charge on any atom is -0.392 e. The number of nitrogens with zero attached hydrogens (tertiary/aromatic N) is 2. The van der Waals surface area contributed by atoms with Gasteiger partial charge in [0, 0.05) is 25.5 Å². The topological polar surface area (TPSA) is 49.6 Å². The van der Waals surface area contributed by atoms with Gasteiger partial charge in [0.1, 0.15) is 5.65 Å². The molecule has 0 aromatic carbocycles. The second-order valence-corrected chi connectivity index (χ2v) is 3.89. The third-order valence-electron chi connectivity index (χ3n) is 2.57. The summed E-state index contributed by atoms with van der Waals surface area (Å²) < 4.78 is 1.99. The molecule has 0 bridgehead atoms. The number of fused-ring (bicyclic) bond motifs is 1. The van der Waals surface area contributed by atoms with E-state index in [9.17, 15) is 5.11 Å². The van der Waals surface area contributed by atoms with Crippen molar-refractivity contribution in [2.45, 2.75) is 26.0 Å². The largest absolute Gasteiger partial charge is 0.392 e. The molecule has 16 heavy (non-hydrogen) atoms. The van der Waals surface area contributed by atoms with Crippen molar-refractivity contribution in [1.29, 1.82) is 0 Å². The average Bonchev–Trinajstić information content (AvgIpc) is 2.71. The summed E-state index contributed by atoms with van der Waals surface area (Å²) in [5.41, 5.74) is 1.95. The van der Waals surface area contributed by atoms with Crippen molar-refractivity contribution < 1.29 is 5.11 Å². The Labute approximate surface area is 94.9 Å². The van der Waals surface area contributed by atoms with E-state index in [2.05, 4.69) is 10.3 Å². The Bertz CT molecular complexity index is 419. The molecule has 0 fully saturated rings. The fourth-order valence-corrected chi connectivity index (χ4v) is 1.58. The molecule has 0 aliphatic carbocycles. The van der Waals surface area contributed by atoms with Crippen LogP contribution in [0.1, 0.15) is 19.0 Å². The molecule has 0 aliphatic heterocycles. The van der Waals surface area contributed by atoms with Gasteiger partial charge < -0.3 is 14.8 Å². The summed E-state index contributed by atoms with van der Waals surface area (Å²) in [6.07, 6.45) is 4.49. The van der Waals surface area contributed by atoms with Gasteiger partial charge in [0.2, 0.25) is 0 Å². The van der Waals surface area contributed by atoms with E-state index in [-0.39, 0.29) is 6.10 Å². The van der Waals surface area contributed by atoms with Crippen molar-refractivity contribution in [3.63, 3.8) is 0 Å². The highest BCUT2D eigenvalue weighted by atomic mass is 16.3. The first-order chi connectivity index (χ1) is 7.79. The van der Waals surface area contributed by atoms with Crippen molar-refractivity contribution in [1.82, 2.24) is 14.7 Å². The molecule has 2 N–H and O–H groups in total. The van der Waals surface area contributed by atoms with Crippen LogP contribution in [-0.2, 0) is 6.54 Å². The van der Waals surface area contributed by atoms with Crippen LogP contribution >= 0.6 is 0 Å². The molecule has 4 nitrogen and oxygen atoms in total. The summed E-state index contributed by atoms with van der Waals surface area (Å²) in [4.78, 5) is 4.45. The van der Waals surface area contributed by atoms with Crippen LogP contribution in [0, 0.1) is 0 Å². The second kappa shape index (κ2) is 5.09. The first-order valence-electron chi connectivity index (χ1n) is 5.61. The predicted octanol–water partition coefficient (Wildman–Crippen LogP) is 1.19. The van der Waals surface area contributed by atoms with Crippen LogP contribution < -0.4 is 5.32 Å². The first-order valence-corrected chi connectivity index (χ1v) is 5.61. The van der Waals surface area contributed by atoms with Crippen molar-refractivity contribution in [2.24, 2.45) is 0 Å². The lowest BCUT2D eigenvalue weighted by molar-refractivity contribution is 0.167. The summed E-state index contributed by atoms with van der Waals surface area (Å²) in [6, 6.07) is 5.93. The monoisotopic (exact) mass is 219 g/mol. The standard InChI is InChI=1S/C12H17N3O/c1-2-11(16)8-13-7-10-9-15-6-4-3-5-12(15)14-10/h3-6,9,11,13,16H,2,7-8H2,1H3. The second-order valence-electron chi connectivity index (χ2n) is 3.89. The third kappa shape index (κ3) is 2.59. The van der Waals surface area contributed by atoms with Gasteiger partial charge in [-0.05, 0) is 18.6 Å². The van der Waals surface area contributed by atoms with Gasteiger partial charge in [-0.15, -0.1) is 0 Å². The van der Waals surface area contributed by atoms with Gasteiger partial charge in [0.05, 0.1) is 11.8 Å². The van der Waals surface area contributed by atoms with Crippen LogP contribution in [0.3, 0.4) is 0 Å². The van der Waals surface area contributed by atoms with Crippen LogP contribution in [0.4, 0.5) is 0 Å². The third-order valence-corrected chi connectivity index (χ3v) is 2.57. The molecule has 0 radical (unpaired) electrons. The van der Waals surface area contributed by atoms with Crippen molar-refractivity contribution in [3.05, 3.63) is 36.3 Å². The molecule has 86 valence electrons. The van der Waals surface area contributed by atoms with Gasteiger partial charge in [-0.2, -0.15) is 0 Å². The molecule has 1 unspecified atom stereocenters. The number of nitrogens with one attached hydrogen (secondary N) is 1. The van der Waals surface area contributed by atoms with E-state index in [1.807, 2.05) is 41.9 Å². The van der Waals surface area contributed by atoms with E-state index >= 15 is 0 Å². The minimum absolute atomic E-state index is 0.267. The molecule has 0 amide bonds. The summed E-state index contributed by atoms with van der Waals surface area (Å²) in [7, 11) is 0. The average molecular weight is 219 g/mol. The molecular weight excluding hydrogens is 202 g/mol. The van der Waals surface area contributed by atoms with Crippen LogP contribution in [-0.4, -0.2) is 27.1 Å².